The molecule has 2 rings (SSSR count). The summed E-state index contributed by atoms with van der Waals surface area (Å²) in [4.78, 5) is 14.7. The predicted molar refractivity (Wildman–Crippen MR) is 58.4 cm³/mol. The van der Waals surface area contributed by atoms with Crippen molar-refractivity contribution in [2.75, 3.05) is 0 Å². The Kier molecular flexibility index (Phi) is 3.17. The van der Waals surface area contributed by atoms with Crippen LogP contribution in [0.4, 0.5) is 0 Å². The molecular formula is C10H13N5O2. The summed E-state index contributed by atoms with van der Waals surface area (Å²) in [5, 5.41) is 16.3. The van der Waals surface area contributed by atoms with E-state index in [-0.39, 0.29) is 6.42 Å². The zero-order valence-electron chi connectivity index (χ0n) is 9.44. The minimum absolute atomic E-state index is 0.109. The Bertz CT molecular complexity index is 516. The maximum atomic E-state index is 10.5. The number of carboxylic acids is 1. The minimum atomic E-state index is -0.910. The molecular weight excluding hydrogens is 222 g/mol. The predicted octanol–water partition coefficient (Wildman–Crippen LogP) is 0.170. The first-order valence-electron chi connectivity index (χ1n) is 5.30. The molecule has 0 aliphatic rings. The number of aliphatic carboxylic acids is 1. The third-order valence-corrected chi connectivity index (χ3v) is 2.36. The van der Waals surface area contributed by atoms with Crippen molar-refractivity contribution in [1.29, 1.82) is 0 Å². The monoisotopic (exact) mass is 235 g/mol. The van der Waals surface area contributed by atoms with Gasteiger partial charge in [0, 0.05) is 25.1 Å². The molecule has 2 aromatic heterocycles. The Balaban J connectivity index is 2.08. The standard InChI is InChI=1S/C10H13N5O2/c1-2-14-4-3-11-9(14)7-15-6-8(12-13-15)5-10(16)17/h3-4,6H,2,5,7H2,1H3,(H,16,17). The Hall–Kier alpha value is -2.18. The van der Waals surface area contributed by atoms with E-state index in [9.17, 15) is 4.79 Å². The van der Waals surface area contributed by atoms with Crippen LogP contribution in [0.25, 0.3) is 0 Å². The molecule has 0 aliphatic carbocycles. The van der Waals surface area contributed by atoms with Crippen LogP contribution in [0.2, 0.25) is 0 Å². The molecule has 0 aromatic carbocycles. The van der Waals surface area contributed by atoms with Crippen LogP contribution in [0.1, 0.15) is 18.4 Å². The van der Waals surface area contributed by atoms with Crippen molar-refractivity contribution in [2.45, 2.75) is 26.4 Å². The number of aryl methyl sites for hydroxylation is 1. The molecule has 2 heterocycles. The second-order valence-electron chi connectivity index (χ2n) is 3.61. The average molecular weight is 235 g/mol. The van der Waals surface area contributed by atoms with Crippen LogP contribution in [-0.2, 0) is 24.3 Å². The van der Waals surface area contributed by atoms with Crippen LogP contribution in [0.3, 0.4) is 0 Å². The molecule has 0 saturated heterocycles. The van der Waals surface area contributed by atoms with Crippen molar-refractivity contribution in [3.05, 3.63) is 30.1 Å². The van der Waals surface area contributed by atoms with Crippen molar-refractivity contribution < 1.29 is 9.90 Å². The zero-order chi connectivity index (χ0) is 12.3. The summed E-state index contributed by atoms with van der Waals surface area (Å²) in [5.74, 6) is -0.0358. The Labute approximate surface area is 97.7 Å². The van der Waals surface area contributed by atoms with Crippen molar-refractivity contribution in [2.24, 2.45) is 0 Å². The third-order valence-electron chi connectivity index (χ3n) is 2.36. The van der Waals surface area contributed by atoms with Crippen LogP contribution in [0, 0.1) is 0 Å². The number of aromatic nitrogens is 5. The first-order chi connectivity index (χ1) is 8.19. The van der Waals surface area contributed by atoms with Gasteiger partial charge in [-0.1, -0.05) is 5.21 Å². The fourth-order valence-electron chi connectivity index (χ4n) is 1.58. The van der Waals surface area contributed by atoms with Gasteiger partial charge in [0.25, 0.3) is 0 Å². The first-order valence-corrected chi connectivity index (χ1v) is 5.30. The third kappa shape index (κ3) is 2.68. The second-order valence-corrected chi connectivity index (χ2v) is 3.61. The van der Waals surface area contributed by atoms with Gasteiger partial charge in [-0.2, -0.15) is 0 Å². The van der Waals surface area contributed by atoms with Crippen LogP contribution < -0.4 is 0 Å². The van der Waals surface area contributed by atoms with Crippen molar-refractivity contribution in [1.82, 2.24) is 24.5 Å². The van der Waals surface area contributed by atoms with E-state index < -0.39 is 5.97 Å². The molecule has 0 aliphatic heterocycles. The summed E-state index contributed by atoms with van der Waals surface area (Å²) in [6.07, 6.45) is 5.14. The maximum Gasteiger partial charge on any atom is 0.309 e. The topological polar surface area (TPSA) is 85.8 Å². The highest BCUT2D eigenvalue weighted by atomic mass is 16.4. The van der Waals surface area contributed by atoms with E-state index >= 15 is 0 Å². The maximum absolute atomic E-state index is 10.5. The van der Waals surface area contributed by atoms with Crippen molar-refractivity contribution >= 4 is 5.97 Å². The second kappa shape index (κ2) is 4.77. The Morgan fingerprint density at radius 3 is 3.06 bits per heavy atom. The molecule has 1 N–H and O–H groups in total. The van der Waals surface area contributed by atoms with E-state index in [1.54, 1.807) is 17.1 Å². The highest BCUT2D eigenvalue weighted by molar-refractivity contribution is 5.69. The van der Waals surface area contributed by atoms with Gasteiger partial charge in [-0.3, -0.25) is 4.79 Å². The van der Waals surface area contributed by atoms with E-state index in [1.165, 1.54) is 0 Å². The summed E-state index contributed by atoms with van der Waals surface area (Å²) in [5.41, 5.74) is 0.451. The van der Waals surface area contributed by atoms with Gasteiger partial charge >= 0.3 is 5.97 Å². The van der Waals surface area contributed by atoms with Crippen LogP contribution in [0.15, 0.2) is 18.6 Å². The van der Waals surface area contributed by atoms with Crippen LogP contribution in [0.5, 0.6) is 0 Å². The molecule has 90 valence electrons. The molecule has 2 aromatic rings. The Morgan fingerprint density at radius 1 is 1.53 bits per heavy atom. The molecule has 0 spiro atoms. The largest absolute Gasteiger partial charge is 0.481 e. The number of rotatable bonds is 5. The first kappa shape index (κ1) is 11.3. The normalized spacial score (nSPS) is 10.6. The number of carbonyl (C=O) groups is 1. The van der Waals surface area contributed by atoms with Crippen LogP contribution >= 0.6 is 0 Å². The number of nitrogens with zero attached hydrogens (tertiary/aromatic N) is 5. The fraction of sp³-hybridized carbons (Fsp3) is 0.400. The molecule has 0 amide bonds. The van der Waals surface area contributed by atoms with E-state index in [0.29, 0.717) is 12.2 Å². The summed E-state index contributed by atoms with van der Waals surface area (Å²) in [6.45, 7) is 3.36. The molecule has 17 heavy (non-hydrogen) atoms. The number of carboxylic acid groups (broad SMARTS) is 1. The van der Waals surface area contributed by atoms with Gasteiger partial charge in [0.1, 0.15) is 12.4 Å². The van der Waals surface area contributed by atoms with Gasteiger partial charge in [-0.25, -0.2) is 9.67 Å². The van der Waals surface area contributed by atoms with E-state index in [1.807, 2.05) is 17.7 Å². The Morgan fingerprint density at radius 2 is 2.35 bits per heavy atom. The lowest BCUT2D eigenvalue weighted by molar-refractivity contribution is -0.136. The van der Waals surface area contributed by atoms with E-state index in [2.05, 4.69) is 15.3 Å². The SMILES string of the molecule is CCn1ccnc1Cn1cc(CC(=O)O)nn1. The lowest BCUT2D eigenvalue weighted by atomic mass is 10.3. The molecule has 7 nitrogen and oxygen atoms in total. The molecule has 0 radical (unpaired) electrons. The van der Waals surface area contributed by atoms with Gasteiger partial charge < -0.3 is 9.67 Å². The number of hydrogen-bond donors (Lipinski definition) is 1. The minimum Gasteiger partial charge on any atom is -0.481 e. The van der Waals surface area contributed by atoms with Crippen molar-refractivity contribution in [3.63, 3.8) is 0 Å². The molecule has 0 fully saturated rings. The van der Waals surface area contributed by atoms with Gasteiger partial charge in [0.2, 0.25) is 0 Å². The summed E-state index contributed by atoms with van der Waals surface area (Å²) < 4.78 is 3.59. The molecule has 0 bridgehead atoms. The quantitative estimate of drug-likeness (QED) is 0.798. The van der Waals surface area contributed by atoms with Gasteiger partial charge in [-0.05, 0) is 6.92 Å². The fourth-order valence-corrected chi connectivity index (χ4v) is 1.58. The lowest BCUT2D eigenvalue weighted by Crippen LogP contribution is -2.08. The van der Waals surface area contributed by atoms with E-state index in [0.717, 1.165) is 12.4 Å². The molecule has 0 atom stereocenters. The number of imidazole rings is 1. The number of hydrogen-bond acceptors (Lipinski definition) is 4. The summed E-state index contributed by atoms with van der Waals surface area (Å²) in [6, 6.07) is 0. The lowest BCUT2D eigenvalue weighted by Gasteiger charge is -2.03. The molecule has 0 saturated carbocycles. The van der Waals surface area contributed by atoms with Gasteiger partial charge in [0.15, 0.2) is 0 Å². The molecule has 7 heteroatoms. The smallest absolute Gasteiger partial charge is 0.309 e. The van der Waals surface area contributed by atoms with E-state index in [4.69, 9.17) is 5.11 Å². The highest BCUT2D eigenvalue weighted by Gasteiger charge is 2.07. The summed E-state index contributed by atoms with van der Waals surface area (Å²) >= 11 is 0. The van der Waals surface area contributed by atoms with Crippen LogP contribution in [-0.4, -0.2) is 35.6 Å². The van der Waals surface area contributed by atoms with Crippen molar-refractivity contribution in [3.8, 4) is 0 Å². The van der Waals surface area contributed by atoms with Gasteiger partial charge in [-0.15, -0.1) is 5.10 Å². The highest BCUT2D eigenvalue weighted by Crippen LogP contribution is 2.01. The van der Waals surface area contributed by atoms with Gasteiger partial charge in [0.05, 0.1) is 12.1 Å². The molecule has 0 unspecified atom stereocenters. The summed E-state index contributed by atoms with van der Waals surface area (Å²) in [7, 11) is 0. The zero-order valence-corrected chi connectivity index (χ0v) is 9.44. The average Bonchev–Trinajstić information content (AvgIpc) is 2.87.